The first-order valence-corrected chi connectivity index (χ1v) is 6.43. The van der Waals surface area contributed by atoms with Crippen molar-refractivity contribution in [2.45, 2.75) is 0 Å². The molecule has 2 aromatic carbocycles. The van der Waals surface area contributed by atoms with Crippen LogP contribution in [-0.2, 0) is 0 Å². The monoisotopic (exact) mass is 266 g/mol. The molecule has 100 valence electrons. The summed E-state index contributed by atoms with van der Waals surface area (Å²) in [7, 11) is 0. The van der Waals surface area contributed by atoms with Crippen LogP contribution >= 0.6 is 0 Å². The van der Waals surface area contributed by atoms with Crippen molar-refractivity contribution in [3.8, 4) is 11.5 Å². The number of nitrogens with zero attached hydrogens (tertiary/aromatic N) is 2. The summed E-state index contributed by atoms with van der Waals surface area (Å²) in [5.74, 6) is 1.62. The van der Waals surface area contributed by atoms with Gasteiger partial charge in [0, 0.05) is 6.20 Å². The lowest BCUT2D eigenvalue weighted by molar-refractivity contribution is 0.218. The topological polar surface area (TPSA) is 44.2 Å². The Bertz CT molecular complexity index is 681. The molecule has 0 aliphatic rings. The summed E-state index contributed by atoms with van der Waals surface area (Å²) in [5.41, 5.74) is 0.876. The molecule has 0 atom stereocenters. The zero-order valence-corrected chi connectivity index (χ0v) is 10.9. The lowest BCUT2D eigenvalue weighted by Crippen LogP contribution is -2.09. The largest absolute Gasteiger partial charge is 0.490 e. The van der Waals surface area contributed by atoms with Gasteiger partial charge >= 0.3 is 0 Å². The smallest absolute Gasteiger partial charge is 0.130 e. The predicted molar refractivity (Wildman–Crippen MR) is 77.0 cm³/mol. The quantitative estimate of drug-likeness (QED) is 0.666. The molecular formula is C16H14N2O2. The zero-order valence-electron chi connectivity index (χ0n) is 10.9. The molecule has 0 amide bonds. The average Bonchev–Trinajstić information content (AvgIpc) is 2.53. The highest BCUT2D eigenvalue weighted by molar-refractivity contribution is 5.83. The summed E-state index contributed by atoms with van der Waals surface area (Å²) in [6, 6.07) is 15.5. The van der Waals surface area contributed by atoms with Crippen molar-refractivity contribution in [3.05, 3.63) is 61.1 Å². The molecule has 4 heteroatoms. The van der Waals surface area contributed by atoms with Gasteiger partial charge in [-0.15, -0.1) is 0 Å². The van der Waals surface area contributed by atoms with Gasteiger partial charge in [0.15, 0.2) is 0 Å². The van der Waals surface area contributed by atoms with Crippen LogP contribution in [0, 0.1) is 0 Å². The maximum absolute atomic E-state index is 5.74. The lowest BCUT2D eigenvalue weighted by atomic mass is 10.2. The number of ether oxygens (including phenoxy) is 2. The van der Waals surface area contributed by atoms with E-state index in [0.717, 1.165) is 22.4 Å². The molecule has 0 bridgehead atoms. The van der Waals surface area contributed by atoms with Crippen molar-refractivity contribution >= 4 is 10.9 Å². The Morgan fingerprint density at radius 3 is 2.60 bits per heavy atom. The van der Waals surface area contributed by atoms with Crippen LogP contribution in [-0.4, -0.2) is 23.2 Å². The molecule has 0 aliphatic heterocycles. The molecule has 1 heterocycles. The Hall–Kier alpha value is -2.62. The number of benzene rings is 2. The molecule has 0 radical (unpaired) electrons. The second-order valence-electron chi connectivity index (χ2n) is 4.22. The Balaban J connectivity index is 1.60. The summed E-state index contributed by atoms with van der Waals surface area (Å²) in [6.07, 6.45) is 3.29. The molecule has 0 saturated carbocycles. The maximum Gasteiger partial charge on any atom is 0.130 e. The van der Waals surface area contributed by atoms with Gasteiger partial charge in [0.05, 0.1) is 10.9 Å². The highest BCUT2D eigenvalue weighted by atomic mass is 16.5. The Kier molecular flexibility index (Phi) is 3.73. The summed E-state index contributed by atoms with van der Waals surface area (Å²) in [6.45, 7) is 0.969. The Morgan fingerprint density at radius 2 is 1.70 bits per heavy atom. The second kappa shape index (κ2) is 6.02. The van der Waals surface area contributed by atoms with E-state index >= 15 is 0 Å². The van der Waals surface area contributed by atoms with Gasteiger partial charge in [0.25, 0.3) is 0 Å². The molecule has 1 aromatic heterocycles. The number of para-hydroxylation sites is 1. The first kappa shape index (κ1) is 12.4. The van der Waals surface area contributed by atoms with Crippen LogP contribution in [0.4, 0.5) is 0 Å². The van der Waals surface area contributed by atoms with Crippen molar-refractivity contribution in [3.63, 3.8) is 0 Å². The van der Waals surface area contributed by atoms with Crippen LogP contribution in [0.3, 0.4) is 0 Å². The first-order chi connectivity index (χ1) is 9.93. The number of hydrogen-bond acceptors (Lipinski definition) is 4. The van der Waals surface area contributed by atoms with Gasteiger partial charge < -0.3 is 9.47 Å². The highest BCUT2D eigenvalue weighted by Gasteiger charge is 2.02. The van der Waals surface area contributed by atoms with Gasteiger partial charge in [-0.3, -0.25) is 0 Å². The molecule has 0 spiro atoms. The molecular weight excluding hydrogens is 252 g/mol. The van der Waals surface area contributed by atoms with Crippen LogP contribution in [0.5, 0.6) is 11.5 Å². The van der Waals surface area contributed by atoms with E-state index in [2.05, 4.69) is 9.97 Å². The average molecular weight is 266 g/mol. The van der Waals surface area contributed by atoms with E-state index in [1.165, 1.54) is 6.33 Å². The summed E-state index contributed by atoms with van der Waals surface area (Å²) in [4.78, 5) is 8.22. The van der Waals surface area contributed by atoms with E-state index in [4.69, 9.17) is 9.47 Å². The molecule has 4 nitrogen and oxygen atoms in total. The van der Waals surface area contributed by atoms with Gasteiger partial charge in [-0.2, -0.15) is 0 Å². The van der Waals surface area contributed by atoms with E-state index in [1.54, 1.807) is 6.20 Å². The minimum absolute atomic E-state index is 0.475. The Morgan fingerprint density at radius 1 is 0.850 bits per heavy atom. The summed E-state index contributed by atoms with van der Waals surface area (Å²) >= 11 is 0. The molecule has 0 unspecified atom stereocenters. The van der Waals surface area contributed by atoms with Crippen LogP contribution in [0.15, 0.2) is 61.1 Å². The van der Waals surface area contributed by atoms with Crippen LogP contribution < -0.4 is 9.47 Å². The predicted octanol–water partition coefficient (Wildman–Crippen LogP) is 3.09. The van der Waals surface area contributed by atoms with E-state index in [-0.39, 0.29) is 0 Å². The fraction of sp³-hybridized carbons (Fsp3) is 0.125. The molecule has 0 N–H and O–H groups in total. The van der Waals surface area contributed by atoms with Crippen molar-refractivity contribution in [1.82, 2.24) is 9.97 Å². The van der Waals surface area contributed by atoms with E-state index in [1.807, 2.05) is 48.5 Å². The zero-order chi connectivity index (χ0) is 13.6. The molecule has 3 rings (SSSR count). The molecule has 0 saturated heterocycles. The van der Waals surface area contributed by atoms with Crippen molar-refractivity contribution < 1.29 is 9.47 Å². The van der Waals surface area contributed by atoms with Gasteiger partial charge in [-0.25, -0.2) is 9.97 Å². The SMILES string of the molecule is c1ccc(OCCOc2cccc3ncncc23)cc1. The van der Waals surface area contributed by atoms with E-state index in [0.29, 0.717) is 13.2 Å². The third-order valence-electron chi connectivity index (χ3n) is 2.86. The standard InChI is InChI=1S/C16H14N2O2/c1-2-5-13(6-3-1)19-9-10-20-16-8-4-7-15-14(16)11-17-12-18-15/h1-8,11-12H,9-10H2. The second-order valence-corrected chi connectivity index (χ2v) is 4.22. The van der Waals surface area contributed by atoms with Gasteiger partial charge in [0.2, 0.25) is 0 Å². The summed E-state index contributed by atoms with van der Waals surface area (Å²) in [5, 5.41) is 0.912. The highest BCUT2D eigenvalue weighted by Crippen LogP contribution is 2.22. The fourth-order valence-electron chi connectivity index (χ4n) is 1.93. The van der Waals surface area contributed by atoms with Gasteiger partial charge in [0.1, 0.15) is 31.0 Å². The van der Waals surface area contributed by atoms with Crippen LogP contribution in [0.25, 0.3) is 10.9 Å². The lowest BCUT2D eigenvalue weighted by Gasteiger charge is -2.09. The maximum atomic E-state index is 5.74. The minimum Gasteiger partial charge on any atom is -0.490 e. The number of rotatable bonds is 5. The summed E-state index contributed by atoms with van der Waals surface area (Å²) < 4.78 is 11.3. The minimum atomic E-state index is 0.475. The van der Waals surface area contributed by atoms with E-state index in [9.17, 15) is 0 Å². The fourth-order valence-corrected chi connectivity index (χ4v) is 1.93. The van der Waals surface area contributed by atoms with Crippen molar-refractivity contribution in [2.24, 2.45) is 0 Å². The third kappa shape index (κ3) is 2.85. The van der Waals surface area contributed by atoms with Crippen molar-refractivity contribution in [2.75, 3.05) is 13.2 Å². The van der Waals surface area contributed by atoms with Gasteiger partial charge in [-0.1, -0.05) is 24.3 Å². The number of hydrogen-bond donors (Lipinski definition) is 0. The molecule has 20 heavy (non-hydrogen) atoms. The third-order valence-corrected chi connectivity index (χ3v) is 2.86. The van der Waals surface area contributed by atoms with Gasteiger partial charge in [-0.05, 0) is 24.3 Å². The Labute approximate surface area is 117 Å². The van der Waals surface area contributed by atoms with Crippen LogP contribution in [0.1, 0.15) is 0 Å². The molecule has 0 fully saturated rings. The number of fused-ring (bicyclic) bond motifs is 1. The molecule has 3 aromatic rings. The first-order valence-electron chi connectivity index (χ1n) is 6.43. The van der Waals surface area contributed by atoms with Crippen LogP contribution in [0.2, 0.25) is 0 Å². The van der Waals surface area contributed by atoms with Crippen molar-refractivity contribution in [1.29, 1.82) is 0 Å². The number of aromatic nitrogens is 2. The molecule has 0 aliphatic carbocycles. The van der Waals surface area contributed by atoms with E-state index < -0.39 is 0 Å². The normalized spacial score (nSPS) is 10.4.